The number of nitrogens with one attached hydrogen (secondary N) is 2. The van der Waals surface area contributed by atoms with Gasteiger partial charge in [0.1, 0.15) is 22.6 Å². The number of H-pyrrole nitrogens is 2. The second-order valence-electron chi connectivity index (χ2n) is 14.2. The first-order chi connectivity index (χ1) is 29.1. The average Bonchev–Trinajstić information content (AvgIpc) is 3.91. The Bertz CT molecular complexity index is 3450. The van der Waals surface area contributed by atoms with E-state index < -0.39 is 0 Å². The van der Waals surface area contributed by atoms with Crippen molar-refractivity contribution in [3.8, 4) is 22.8 Å². The van der Waals surface area contributed by atoms with Gasteiger partial charge in [0.05, 0.1) is 0 Å². The van der Waals surface area contributed by atoms with Gasteiger partial charge in [0, 0.05) is 32.7 Å². The van der Waals surface area contributed by atoms with Crippen LogP contribution in [0.5, 0.6) is 0 Å². The van der Waals surface area contributed by atoms with Crippen LogP contribution >= 0.6 is 0 Å². The molecule has 8 heteroatoms. The lowest BCUT2D eigenvalue weighted by Gasteiger charge is -2.06. The molecule has 0 saturated carbocycles. The number of hydrogen-bond donors (Lipinski definition) is 2. The molecule has 0 radical (unpaired) electrons. The SMILES string of the molecule is C=Cc1cc2c(cc1/C=C\C)-c1nc-2nc2[nH]c(nc3nc(nc4[nH]c(n1)c1cc5ccccc5cc41)/C=C/c1ccccc1/C=C/3)c1cc3ccccc3cc21.CC. The van der Waals surface area contributed by atoms with Gasteiger partial charge in [0.25, 0.3) is 0 Å². The molecule has 6 aromatic carbocycles. The summed E-state index contributed by atoms with van der Waals surface area (Å²) < 4.78 is 0. The van der Waals surface area contributed by atoms with Crippen molar-refractivity contribution in [2.45, 2.75) is 20.8 Å². The zero-order valence-electron chi connectivity index (χ0n) is 32.8. The van der Waals surface area contributed by atoms with E-state index in [0.29, 0.717) is 45.9 Å². The maximum atomic E-state index is 5.29. The monoisotopic (exact) mass is 762 g/mol. The van der Waals surface area contributed by atoms with Crippen molar-refractivity contribution < 1.29 is 0 Å². The van der Waals surface area contributed by atoms with E-state index in [0.717, 1.165) is 76.5 Å². The van der Waals surface area contributed by atoms with E-state index >= 15 is 0 Å². The van der Waals surface area contributed by atoms with Crippen LogP contribution in [0, 0.1) is 0 Å². The van der Waals surface area contributed by atoms with Crippen molar-refractivity contribution in [1.29, 1.82) is 0 Å². The first-order valence-electron chi connectivity index (χ1n) is 19.8. The fourth-order valence-corrected chi connectivity index (χ4v) is 7.91. The van der Waals surface area contributed by atoms with Gasteiger partial charge >= 0.3 is 0 Å². The zero-order valence-corrected chi connectivity index (χ0v) is 32.8. The van der Waals surface area contributed by atoms with E-state index in [1.165, 1.54) is 0 Å². The van der Waals surface area contributed by atoms with Gasteiger partial charge in [-0.25, -0.2) is 29.9 Å². The van der Waals surface area contributed by atoms with Crippen LogP contribution in [0.2, 0.25) is 0 Å². The Kier molecular flexibility index (Phi) is 8.79. The van der Waals surface area contributed by atoms with E-state index in [1.54, 1.807) is 0 Å². The molecule has 11 rings (SSSR count). The first-order valence-corrected chi connectivity index (χ1v) is 19.8. The highest BCUT2D eigenvalue weighted by atomic mass is 15.0. The highest BCUT2D eigenvalue weighted by Crippen LogP contribution is 2.38. The highest BCUT2D eigenvalue weighted by Gasteiger charge is 2.22. The number of aromatic nitrogens is 8. The van der Waals surface area contributed by atoms with E-state index in [2.05, 4.69) is 95.4 Å². The van der Waals surface area contributed by atoms with Crippen LogP contribution < -0.4 is 0 Å². The zero-order chi connectivity index (χ0) is 40.0. The maximum absolute atomic E-state index is 5.29. The Balaban J connectivity index is 0.00000207. The van der Waals surface area contributed by atoms with Gasteiger partial charge in [-0.2, -0.15) is 0 Å². The number of rotatable bonds is 2. The molecule has 0 amide bonds. The van der Waals surface area contributed by atoms with Crippen LogP contribution in [0.3, 0.4) is 0 Å². The molecule has 0 aliphatic carbocycles. The normalized spacial score (nSPS) is 13.3. The molecule has 0 fully saturated rings. The van der Waals surface area contributed by atoms with Gasteiger partial charge in [-0.3, -0.25) is 0 Å². The van der Waals surface area contributed by atoms with Crippen LogP contribution in [-0.2, 0) is 0 Å². The number of fused-ring (bicyclic) bond motifs is 20. The van der Waals surface area contributed by atoms with Crippen molar-refractivity contribution >= 4 is 102 Å². The minimum atomic E-state index is 0.475. The predicted molar refractivity (Wildman–Crippen MR) is 247 cm³/mol. The fraction of sp³-hybridized carbons (Fsp3) is 0.0588. The third-order valence-electron chi connectivity index (χ3n) is 10.7. The van der Waals surface area contributed by atoms with Crippen LogP contribution in [0.1, 0.15) is 54.7 Å². The molecule has 59 heavy (non-hydrogen) atoms. The first kappa shape index (κ1) is 35.6. The predicted octanol–water partition coefficient (Wildman–Crippen LogP) is 12.9. The number of aromatic amines is 2. The molecule has 2 aliphatic heterocycles. The Morgan fingerprint density at radius 2 is 0.864 bits per heavy atom. The Hall–Kier alpha value is -7.84. The molecular weight excluding hydrogens is 725 g/mol. The minimum Gasteiger partial charge on any atom is -0.324 e. The van der Waals surface area contributed by atoms with Crippen LogP contribution in [0.15, 0.2) is 122 Å². The van der Waals surface area contributed by atoms with Gasteiger partial charge in [-0.05, 0) is 99.3 Å². The molecular formula is C51H38N8. The van der Waals surface area contributed by atoms with Crippen molar-refractivity contribution in [3.05, 3.63) is 156 Å². The molecule has 0 atom stereocenters. The molecule has 2 aliphatic rings. The van der Waals surface area contributed by atoms with Gasteiger partial charge in [-0.15, -0.1) is 0 Å². The summed E-state index contributed by atoms with van der Waals surface area (Å²) in [6.45, 7) is 10.1. The molecule has 8 nitrogen and oxygen atoms in total. The quantitative estimate of drug-likeness (QED) is 0.181. The lowest BCUT2D eigenvalue weighted by Crippen LogP contribution is -1.90. The molecule has 0 unspecified atom stereocenters. The van der Waals surface area contributed by atoms with Crippen molar-refractivity contribution in [3.63, 3.8) is 0 Å². The summed E-state index contributed by atoms with van der Waals surface area (Å²) in [5.74, 6) is 2.03. The smallest absolute Gasteiger partial charge is 0.164 e. The van der Waals surface area contributed by atoms with Gasteiger partial charge in [0.2, 0.25) is 0 Å². The molecule has 8 bridgehead atoms. The Labute approximate surface area is 340 Å². The Morgan fingerprint density at radius 1 is 0.458 bits per heavy atom. The van der Waals surface area contributed by atoms with Gasteiger partial charge in [-0.1, -0.05) is 124 Å². The number of benzene rings is 6. The van der Waals surface area contributed by atoms with E-state index in [1.807, 2.05) is 93.6 Å². The standard InChI is InChI=1S/C49H32N8.C2H6/c1-3-11-31-23-39-36(22-28(31)4-2)46-55-47-40-26-34-16-9-7-14-32(34)24-37(40)44(53-47)51-42-20-18-29-12-5-6-13-30(29)19-21-43(50-42)52-45-38-25-33-15-8-10-17-35(33)27-41(38)48(54-45)57-49(39)56-46;1-2/h3-27H,2H2,1H3,(H2,50,51,52,53,54,55,56,57);1-2H3/b11-3-;. The maximum Gasteiger partial charge on any atom is 0.164 e. The summed E-state index contributed by atoms with van der Waals surface area (Å²) in [4.78, 5) is 38.5. The molecule has 0 saturated heterocycles. The molecule has 3 aromatic heterocycles. The Morgan fingerprint density at radius 3 is 1.29 bits per heavy atom. The molecule has 0 spiro atoms. The van der Waals surface area contributed by atoms with Crippen LogP contribution in [0.25, 0.3) is 125 Å². The highest BCUT2D eigenvalue weighted by molar-refractivity contribution is 6.12. The number of nitrogens with zero attached hydrogens (tertiary/aromatic N) is 6. The van der Waals surface area contributed by atoms with E-state index in [9.17, 15) is 0 Å². The molecule has 9 aromatic rings. The summed E-state index contributed by atoms with van der Waals surface area (Å²) in [6, 6.07) is 37.7. The second-order valence-corrected chi connectivity index (χ2v) is 14.2. The molecule has 282 valence electrons. The number of hydrogen-bond acceptors (Lipinski definition) is 6. The van der Waals surface area contributed by atoms with Crippen molar-refractivity contribution in [2.75, 3.05) is 0 Å². The number of allylic oxidation sites excluding steroid dienone is 1. The van der Waals surface area contributed by atoms with Crippen LogP contribution in [-0.4, -0.2) is 39.9 Å². The summed E-state index contributed by atoms with van der Waals surface area (Å²) in [7, 11) is 0. The van der Waals surface area contributed by atoms with Gasteiger partial charge in [0.15, 0.2) is 23.3 Å². The average molecular weight is 763 g/mol. The summed E-state index contributed by atoms with van der Waals surface area (Å²) in [5.41, 5.74) is 8.34. The molecule has 5 heterocycles. The largest absolute Gasteiger partial charge is 0.324 e. The third-order valence-corrected chi connectivity index (χ3v) is 10.7. The second kappa shape index (κ2) is 14.6. The fourth-order valence-electron chi connectivity index (χ4n) is 7.91. The summed E-state index contributed by atoms with van der Waals surface area (Å²) in [5, 5.41) is 8.04. The topological polar surface area (TPSA) is 109 Å². The molecule has 2 N–H and O–H groups in total. The van der Waals surface area contributed by atoms with E-state index in [-0.39, 0.29) is 0 Å². The third kappa shape index (κ3) is 6.28. The van der Waals surface area contributed by atoms with E-state index in [4.69, 9.17) is 29.9 Å². The summed E-state index contributed by atoms with van der Waals surface area (Å²) >= 11 is 0. The summed E-state index contributed by atoms with van der Waals surface area (Å²) in [6.07, 6.45) is 13.9. The lowest BCUT2D eigenvalue weighted by atomic mass is 9.98. The minimum absolute atomic E-state index is 0.475. The van der Waals surface area contributed by atoms with Crippen molar-refractivity contribution in [2.24, 2.45) is 0 Å². The lowest BCUT2D eigenvalue weighted by molar-refractivity contribution is 1.11. The van der Waals surface area contributed by atoms with Crippen molar-refractivity contribution in [1.82, 2.24) is 39.9 Å². The van der Waals surface area contributed by atoms with Crippen LogP contribution in [0.4, 0.5) is 0 Å². The van der Waals surface area contributed by atoms with Gasteiger partial charge < -0.3 is 9.97 Å².